The van der Waals surface area contributed by atoms with Crippen molar-refractivity contribution in [3.05, 3.63) is 106 Å². The van der Waals surface area contributed by atoms with E-state index in [4.69, 9.17) is 9.47 Å². The first-order chi connectivity index (χ1) is 16.1. The Balaban J connectivity index is 1.46. The molecule has 0 bridgehead atoms. The fraction of sp³-hybridized carbons (Fsp3) is 0.111. The highest BCUT2D eigenvalue weighted by Gasteiger charge is 2.09. The van der Waals surface area contributed by atoms with Crippen molar-refractivity contribution < 1.29 is 14.3 Å². The van der Waals surface area contributed by atoms with Gasteiger partial charge in [-0.15, -0.1) is 0 Å². The van der Waals surface area contributed by atoms with E-state index in [0.717, 1.165) is 31.9 Å². The molecule has 0 spiro atoms. The molecular weight excluding hydrogens is 480 g/mol. The van der Waals surface area contributed by atoms with E-state index in [2.05, 4.69) is 26.5 Å². The minimum Gasteiger partial charge on any atom is -0.488 e. The van der Waals surface area contributed by atoms with Crippen LogP contribution in [0.25, 0.3) is 10.8 Å². The molecule has 0 aliphatic heterocycles. The number of halogens is 1. The molecule has 0 aliphatic rings. The number of fused-ring (bicyclic) bond motifs is 1. The third-order valence-electron chi connectivity index (χ3n) is 4.99. The van der Waals surface area contributed by atoms with E-state index in [1.165, 1.54) is 0 Å². The van der Waals surface area contributed by atoms with E-state index < -0.39 is 0 Å². The van der Waals surface area contributed by atoms with Crippen LogP contribution in [0, 0.1) is 6.92 Å². The van der Waals surface area contributed by atoms with Gasteiger partial charge in [0, 0.05) is 10.0 Å². The fourth-order valence-corrected chi connectivity index (χ4v) is 3.75. The summed E-state index contributed by atoms with van der Waals surface area (Å²) in [6.07, 6.45) is 1.61. The van der Waals surface area contributed by atoms with E-state index in [0.29, 0.717) is 18.1 Å². The number of hydrogen-bond acceptors (Lipinski definition) is 4. The third kappa shape index (κ3) is 6.20. The highest BCUT2D eigenvalue weighted by Crippen LogP contribution is 2.27. The minimum atomic E-state index is -0.344. The van der Waals surface area contributed by atoms with Crippen molar-refractivity contribution in [2.75, 3.05) is 6.61 Å². The molecule has 33 heavy (non-hydrogen) atoms. The Morgan fingerprint density at radius 1 is 0.970 bits per heavy atom. The average molecular weight is 503 g/mol. The normalized spacial score (nSPS) is 11.0. The van der Waals surface area contributed by atoms with Gasteiger partial charge in [-0.2, -0.15) is 5.10 Å². The van der Waals surface area contributed by atoms with Gasteiger partial charge in [0.2, 0.25) is 0 Å². The van der Waals surface area contributed by atoms with Crippen LogP contribution < -0.4 is 14.9 Å². The summed E-state index contributed by atoms with van der Waals surface area (Å²) in [5, 5.41) is 6.20. The second-order valence-electron chi connectivity index (χ2n) is 7.51. The highest BCUT2D eigenvalue weighted by atomic mass is 79.9. The Bertz CT molecular complexity index is 1290. The fourth-order valence-electron chi connectivity index (χ4n) is 3.31. The summed E-state index contributed by atoms with van der Waals surface area (Å²) in [6.45, 7) is 2.28. The molecule has 4 aromatic carbocycles. The monoisotopic (exact) mass is 502 g/mol. The van der Waals surface area contributed by atoms with Gasteiger partial charge in [-0.1, -0.05) is 76.1 Å². The third-order valence-corrected chi connectivity index (χ3v) is 5.48. The maximum Gasteiger partial charge on any atom is 0.277 e. The van der Waals surface area contributed by atoms with E-state index >= 15 is 0 Å². The first-order valence-electron chi connectivity index (χ1n) is 10.5. The number of ether oxygens (including phenoxy) is 2. The van der Waals surface area contributed by atoms with Gasteiger partial charge in [0.15, 0.2) is 6.61 Å². The molecule has 1 N–H and O–H groups in total. The van der Waals surface area contributed by atoms with Gasteiger partial charge in [0.1, 0.15) is 18.1 Å². The van der Waals surface area contributed by atoms with Crippen molar-refractivity contribution in [3.63, 3.8) is 0 Å². The molecule has 0 aliphatic carbocycles. The Hall–Kier alpha value is -3.64. The molecule has 5 nitrogen and oxygen atoms in total. The number of amides is 1. The van der Waals surface area contributed by atoms with Crippen molar-refractivity contribution in [1.29, 1.82) is 0 Å². The standard InChI is InChI=1S/C27H23BrN2O3/c1-19-9-12-23(13-10-19)32-18-27(31)30-29-16-25-24-8-3-2-6-21(24)11-14-26(25)33-17-20-5-4-7-22(28)15-20/h2-16H,17-18H2,1H3,(H,30,31). The molecule has 1 amide bonds. The zero-order valence-corrected chi connectivity index (χ0v) is 19.7. The number of benzene rings is 4. The molecule has 0 unspecified atom stereocenters. The van der Waals surface area contributed by atoms with Gasteiger partial charge in [-0.3, -0.25) is 4.79 Å². The topological polar surface area (TPSA) is 59.9 Å². The lowest BCUT2D eigenvalue weighted by Gasteiger charge is -2.12. The zero-order valence-electron chi connectivity index (χ0n) is 18.1. The van der Waals surface area contributed by atoms with Crippen molar-refractivity contribution in [3.8, 4) is 11.5 Å². The summed E-state index contributed by atoms with van der Waals surface area (Å²) in [5.41, 5.74) is 5.50. The van der Waals surface area contributed by atoms with Crippen molar-refractivity contribution in [2.45, 2.75) is 13.5 Å². The van der Waals surface area contributed by atoms with Crippen LogP contribution in [0.5, 0.6) is 11.5 Å². The Labute approximate surface area is 201 Å². The second-order valence-corrected chi connectivity index (χ2v) is 8.43. The lowest BCUT2D eigenvalue weighted by atomic mass is 10.0. The summed E-state index contributed by atoms with van der Waals surface area (Å²) in [6, 6.07) is 27.4. The molecule has 0 radical (unpaired) electrons. The highest BCUT2D eigenvalue weighted by molar-refractivity contribution is 9.10. The number of rotatable bonds is 8. The summed E-state index contributed by atoms with van der Waals surface area (Å²) < 4.78 is 12.6. The Morgan fingerprint density at radius 2 is 1.79 bits per heavy atom. The van der Waals surface area contributed by atoms with E-state index in [1.807, 2.05) is 91.9 Å². The molecule has 0 saturated carbocycles. The summed E-state index contributed by atoms with van der Waals surface area (Å²) in [5.74, 6) is 0.975. The number of carbonyl (C=O) groups excluding carboxylic acids is 1. The van der Waals surface area contributed by atoms with E-state index in [9.17, 15) is 4.79 Å². The summed E-state index contributed by atoms with van der Waals surface area (Å²) >= 11 is 3.49. The molecular formula is C27H23BrN2O3. The van der Waals surface area contributed by atoms with E-state index in [-0.39, 0.29) is 12.5 Å². The number of nitrogens with zero attached hydrogens (tertiary/aromatic N) is 1. The molecule has 0 heterocycles. The molecule has 166 valence electrons. The predicted molar refractivity (Wildman–Crippen MR) is 135 cm³/mol. The first kappa shape index (κ1) is 22.6. The molecule has 6 heteroatoms. The smallest absolute Gasteiger partial charge is 0.277 e. The molecule has 4 rings (SSSR count). The number of nitrogens with one attached hydrogen (secondary N) is 1. The lowest BCUT2D eigenvalue weighted by molar-refractivity contribution is -0.123. The minimum absolute atomic E-state index is 0.123. The SMILES string of the molecule is Cc1ccc(OCC(=O)NN=Cc2c(OCc3cccc(Br)c3)ccc3ccccc23)cc1. The van der Waals surface area contributed by atoms with Gasteiger partial charge < -0.3 is 9.47 Å². The van der Waals surface area contributed by atoms with Gasteiger partial charge in [0.25, 0.3) is 5.91 Å². The zero-order chi connectivity index (χ0) is 23.0. The summed E-state index contributed by atoms with van der Waals surface area (Å²) in [4.78, 5) is 12.2. The number of aryl methyl sites for hydroxylation is 1. The second kappa shape index (κ2) is 10.8. The van der Waals surface area contributed by atoms with Gasteiger partial charge in [-0.05, 0) is 53.6 Å². The Morgan fingerprint density at radius 3 is 2.61 bits per heavy atom. The summed E-state index contributed by atoms with van der Waals surface area (Å²) in [7, 11) is 0. The predicted octanol–water partition coefficient (Wildman–Crippen LogP) is 6.02. The average Bonchev–Trinajstić information content (AvgIpc) is 2.83. The van der Waals surface area contributed by atoms with Crippen LogP contribution in [0.4, 0.5) is 0 Å². The molecule has 4 aromatic rings. The number of hydrogen-bond donors (Lipinski definition) is 1. The van der Waals surface area contributed by atoms with Crippen LogP contribution in [0.15, 0.2) is 94.5 Å². The molecule has 0 fully saturated rings. The van der Waals surface area contributed by atoms with Gasteiger partial charge in [0.05, 0.1) is 6.21 Å². The first-order valence-corrected chi connectivity index (χ1v) is 11.3. The van der Waals surface area contributed by atoms with Crippen molar-refractivity contribution in [1.82, 2.24) is 5.43 Å². The maximum atomic E-state index is 12.2. The molecule has 0 atom stereocenters. The van der Waals surface area contributed by atoms with Gasteiger partial charge >= 0.3 is 0 Å². The van der Waals surface area contributed by atoms with Crippen LogP contribution >= 0.6 is 15.9 Å². The quantitative estimate of drug-likeness (QED) is 0.236. The van der Waals surface area contributed by atoms with Gasteiger partial charge in [-0.25, -0.2) is 5.43 Å². The number of carbonyl (C=O) groups is 1. The van der Waals surface area contributed by atoms with Crippen LogP contribution in [0.3, 0.4) is 0 Å². The maximum absolute atomic E-state index is 12.2. The van der Waals surface area contributed by atoms with Crippen LogP contribution in [0.1, 0.15) is 16.7 Å². The van der Waals surface area contributed by atoms with Crippen molar-refractivity contribution in [2.24, 2.45) is 5.10 Å². The number of hydrazone groups is 1. The van der Waals surface area contributed by atoms with Crippen molar-refractivity contribution >= 4 is 38.8 Å². The van der Waals surface area contributed by atoms with Crippen LogP contribution in [-0.2, 0) is 11.4 Å². The van der Waals surface area contributed by atoms with E-state index in [1.54, 1.807) is 6.21 Å². The lowest BCUT2D eigenvalue weighted by Crippen LogP contribution is -2.24. The van der Waals surface area contributed by atoms with Crippen LogP contribution in [-0.4, -0.2) is 18.7 Å². The molecule has 0 aromatic heterocycles. The molecule has 0 saturated heterocycles. The Kier molecular flexibility index (Phi) is 7.37. The largest absolute Gasteiger partial charge is 0.488 e. The van der Waals surface area contributed by atoms with Crippen LogP contribution in [0.2, 0.25) is 0 Å².